The van der Waals surface area contributed by atoms with Crippen molar-refractivity contribution in [2.45, 2.75) is 53.0 Å². The van der Waals surface area contributed by atoms with Gasteiger partial charge < -0.3 is 10.2 Å². The molecule has 0 atom stereocenters. The molecule has 0 aliphatic heterocycles. The predicted octanol–water partition coefficient (Wildman–Crippen LogP) is 4.08. The van der Waals surface area contributed by atoms with Gasteiger partial charge in [0.1, 0.15) is 0 Å². The molecule has 1 fully saturated rings. The molecule has 0 unspecified atom stereocenters. The molecular formula is C18H28N2O. The average molecular weight is 288 g/mol. The normalized spacial score (nSPS) is 14.3. The Morgan fingerprint density at radius 3 is 2.62 bits per heavy atom. The second-order valence-corrected chi connectivity index (χ2v) is 6.45. The van der Waals surface area contributed by atoms with Crippen LogP contribution in [-0.4, -0.2) is 29.9 Å². The van der Waals surface area contributed by atoms with Gasteiger partial charge in [0.2, 0.25) is 0 Å². The molecular weight excluding hydrogens is 260 g/mol. The van der Waals surface area contributed by atoms with E-state index in [4.69, 9.17) is 0 Å². The Morgan fingerprint density at radius 2 is 2.10 bits per heavy atom. The molecule has 3 nitrogen and oxygen atoms in total. The molecule has 0 saturated heterocycles. The number of aryl methyl sites for hydroxylation is 1. The van der Waals surface area contributed by atoms with Crippen molar-refractivity contribution in [3.05, 3.63) is 29.3 Å². The molecule has 1 aromatic carbocycles. The fraction of sp³-hybridized carbons (Fsp3) is 0.611. The van der Waals surface area contributed by atoms with Crippen LogP contribution in [0.4, 0.5) is 5.69 Å². The summed E-state index contributed by atoms with van der Waals surface area (Å²) in [5.41, 5.74) is 3.08. The summed E-state index contributed by atoms with van der Waals surface area (Å²) >= 11 is 0. The third kappa shape index (κ3) is 4.23. The first-order valence-corrected chi connectivity index (χ1v) is 8.18. The maximum Gasteiger partial charge on any atom is 0.254 e. The van der Waals surface area contributed by atoms with Crippen LogP contribution in [-0.2, 0) is 0 Å². The fourth-order valence-electron chi connectivity index (χ4n) is 2.53. The van der Waals surface area contributed by atoms with Gasteiger partial charge >= 0.3 is 0 Å². The lowest BCUT2D eigenvalue weighted by atomic mass is 10.1. The Morgan fingerprint density at radius 1 is 1.38 bits per heavy atom. The molecule has 1 saturated carbocycles. The zero-order valence-electron chi connectivity index (χ0n) is 13.8. The number of nitrogens with one attached hydrogen (secondary N) is 1. The zero-order chi connectivity index (χ0) is 15.4. The summed E-state index contributed by atoms with van der Waals surface area (Å²) in [5.74, 6) is 0.894. The van der Waals surface area contributed by atoms with Crippen LogP contribution >= 0.6 is 0 Å². The predicted molar refractivity (Wildman–Crippen MR) is 88.9 cm³/mol. The number of benzene rings is 1. The van der Waals surface area contributed by atoms with E-state index >= 15 is 0 Å². The summed E-state index contributed by atoms with van der Waals surface area (Å²) in [5, 5.41) is 3.40. The topological polar surface area (TPSA) is 32.3 Å². The zero-order valence-corrected chi connectivity index (χ0v) is 13.8. The van der Waals surface area contributed by atoms with Crippen molar-refractivity contribution in [1.82, 2.24) is 4.90 Å². The van der Waals surface area contributed by atoms with Crippen LogP contribution in [0.2, 0.25) is 0 Å². The highest BCUT2D eigenvalue weighted by Gasteiger charge is 2.28. The van der Waals surface area contributed by atoms with Crippen LogP contribution in [0.25, 0.3) is 0 Å². The van der Waals surface area contributed by atoms with Gasteiger partial charge in [-0.3, -0.25) is 4.79 Å². The summed E-state index contributed by atoms with van der Waals surface area (Å²) < 4.78 is 0. The number of carbonyl (C=O) groups excluding carboxylic acids is 1. The Balaban J connectivity index is 2.11. The third-order valence-corrected chi connectivity index (χ3v) is 4.07. The molecule has 0 bridgehead atoms. The van der Waals surface area contributed by atoms with Gasteiger partial charge in [-0.2, -0.15) is 0 Å². The van der Waals surface area contributed by atoms with Crippen LogP contribution in [0, 0.1) is 12.8 Å². The Hall–Kier alpha value is -1.51. The minimum absolute atomic E-state index is 0.169. The minimum atomic E-state index is 0.169. The van der Waals surface area contributed by atoms with Gasteiger partial charge in [0.05, 0.1) is 0 Å². The molecule has 1 amide bonds. The molecule has 0 radical (unpaired) electrons. The summed E-state index contributed by atoms with van der Waals surface area (Å²) in [6.07, 6.45) is 3.65. The van der Waals surface area contributed by atoms with Crippen molar-refractivity contribution >= 4 is 11.6 Å². The molecule has 21 heavy (non-hydrogen) atoms. The van der Waals surface area contributed by atoms with Crippen LogP contribution < -0.4 is 5.32 Å². The van der Waals surface area contributed by atoms with E-state index in [1.54, 1.807) is 0 Å². The van der Waals surface area contributed by atoms with Gasteiger partial charge in [0.15, 0.2) is 0 Å². The standard InChI is InChI=1S/C18H28N2O/c1-5-10-19-17-9-8-16(11-14(17)4)18(21)20(13(2)3)12-15-6-7-15/h8-9,11,13,15,19H,5-7,10,12H2,1-4H3. The largest absolute Gasteiger partial charge is 0.385 e. The van der Waals surface area contributed by atoms with E-state index in [-0.39, 0.29) is 11.9 Å². The smallest absolute Gasteiger partial charge is 0.254 e. The van der Waals surface area contributed by atoms with Gasteiger partial charge in [-0.15, -0.1) is 0 Å². The Kier molecular flexibility index (Phi) is 5.27. The molecule has 2 rings (SSSR count). The average Bonchev–Trinajstić information content (AvgIpc) is 3.26. The molecule has 3 heteroatoms. The lowest BCUT2D eigenvalue weighted by Gasteiger charge is -2.27. The molecule has 1 aliphatic carbocycles. The van der Waals surface area contributed by atoms with Crippen molar-refractivity contribution < 1.29 is 4.79 Å². The van der Waals surface area contributed by atoms with Crippen molar-refractivity contribution in [1.29, 1.82) is 0 Å². The van der Waals surface area contributed by atoms with E-state index in [1.807, 2.05) is 23.1 Å². The van der Waals surface area contributed by atoms with Gasteiger partial charge in [0, 0.05) is 30.4 Å². The number of nitrogens with zero attached hydrogens (tertiary/aromatic N) is 1. The molecule has 0 spiro atoms. The van der Waals surface area contributed by atoms with E-state index in [9.17, 15) is 4.79 Å². The summed E-state index contributed by atoms with van der Waals surface area (Å²) in [4.78, 5) is 14.8. The van der Waals surface area contributed by atoms with Crippen molar-refractivity contribution in [3.63, 3.8) is 0 Å². The van der Waals surface area contributed by atoms with Gasteiger partial charge in [0.25, 0.3) is 5.91 Å². The monoisotopic (exact) mass is 288 g/mol. The number of rotatable bonds is 7. The lowest BCUT2D eigenvalue weighted by molar-refractivity contribution is 0.0696. The van der Waals surface area contributed by atoms with Crippen molar-refractivity contribution in [3.8, 4) is 0 Å². The van der Waals surface area contributed by atoms with Crippen molar-refractivity contribution in [2.24, 2.45) is 5.92 Å². The summed E-state index contributed by atoms with van der Waals surface area (Å²) in [6, 6.07) is 6.27. The van der Waals surface area contributed by atoms with Crippen LogP contribution in [0.3, 0.4) is 0 Å². The Bertz CT molecular complexity index is 492. The van der Waals surface area contributed by atoms with E-state index in [1.165, 1.54) is 12.8 Å². The molecule has 1 aliphatic rings. The lowest BCUT2D eigenvalue weighted by Crippen LogP contribution is -2.38. The molecule has 0 heterocycles. The molecule has 116 valence electrons. The highest BCUT2D eigenvalue weighted by atomic mass is 16.2. The van der Waals surface area contributed by atoms with E-state index in [0.717, 1.165) is 42.2 Å². The highest BCUT2D eigenvalue weighted by Crippen LogP contribution is 2.31. The van der Waals surface area contributed by atoms with E-state index in [0.29, 0.717) is 0 Å². The van der Waals surface area contributed by atoms with Crippen LogP contribution in [0.1, 0.15) is 56.0 Å². The first-order valence-electron chi connectivity index (χ1n) is 8.18. The second-order valence-electron chi connectivity index (χ2n) is 6.45. The van der Waals surface area contributed by atoms with Gasteiger partial charge in [-0.25, -0.2) is 0 Å². The number of anilines is 1. The van der Waals surface area contributed by atoms with E-state index in [2.05, 4.69) is 33.0 Å². The number of hydrogen-bond acceptors (Lipinski definition) is 2. The second kappa shape index (κ2) is 6.97. The number of hydrogen-bond donors (Lipinski definition) is 1. The first kappa shape index (κ1) is 15.9. The molecule has 0 aromatic heterocycles. The molecule has 1 aromatic rings. The third-order valence-electron chi connectivity index (χ3n) is 4.07. The maximum atomic E-state index is 12.7. The SMILES string of the molecule is CCCNc1ccc(C(=O)N(CC2CC2)C(C)C)cc1C. The summed E-state index contributed by atoms with van der Waals surface area (Å²) in [7, 11) is 0. The van der Waals surface area contributed by atoms with Gasteiger partial charge in [-0.1, -0.05) is 6.92 Å². The van der Waals surface area contributed by atoms with E-state index < -0.39 is 0 Å². The highest BCUT2D eigenvalue weighted by molar-refractivity contribution is 5.95. The summed E-state index contributed by atoms with van der Waals surface area (Å²) in [6.45, 7) is 10.3. The fourth-order valence-corrected chi connectivity index (χ4v) is 2.53. The van der Waals surface area contributed by atoms with Crippen LogP contribution in [0.15, 0.2) is 18.2 Å². The Labute approximate surface area is 128 Å². The number of amides is 1. The minimum Gasteiger partial charge on any atom is -0.385 e. The molecule has 1 N–H and O–H groups in total. The van der Waals surface area contributed by atoms with Gasteiger partial charge in [-0.05, 0) is 69.7 Å². The maximum absolute atomic E-state index is 12.7. The number of carbonyl (C=O) groups is 1. The van der Waals surface area contributed by atoms with Crippen LogP contribution in [0.5, 0.6) is 0 Å². The first-order chi connectivity index (χ1) is 10.0. The van der Waals surface area contributed by atoms with Crippen molar-refractivity contribution in [2.75, 3.05) is 18.4 Å². The quantitative estimate of drug-likeness (QED) is 0.820.